The molecule has 0 fully saturated rings. The van der Waals surface area contributed by atoms with Gasteiger partial charge in [-0.2, -0.15) is 0 Å². The minimum absolute atomic E-state index is 0.179. The summed E-state index contributed by atoms with van der Waals surface area (Å²) < 4.78 is 23.9. The van der Waals surface area contributed by atoms with E-state index >= 15 is 0 Å². The van der Waals surface area contributed by atoms with Crippen molar-refractivity contribution < 1.29 is 23.4 Å². The summed E-state index contributed by atoms with van der Waals surface area (Å²) in [6, 6.07) is 8.95. The van der Waals surface area contributed by atoms with Crippen LogP contribution in [0.4, 0.5) is 0 Å². The zero-order valence-electron chi connectivity index (χ0n) is 12.6. The number of benzene rings is 1. The van der Waals surface area contributed by atoms with Crippen LogP contribution in [-0.2, 0) is 18.9 Å². The van der Waals surface area contributed by atoms with Gasteiger partial charge >= 0.3 is 7.60 Å². The smallest absolute Gasteiger partial charge is 0.379 e. The fourth-order valence-electron chi connectivity index (χ4n) is 1.58. The summed E-state index contributed by atoms with van der Waals surface area (Å²) in [6.07, 6.45) is 0.407. The first kappa shape index (κ1) is 18.1. The lowest BCUT2D eigenvalue weighted by Crippen LogP contribution is -2.18. The van der Waals surface area contributed by atoms with E-state index in [-0.39, 0.29) is 12.8 Å². The highest BCUT2D eigenvalue weighted by atomic mass is 31.2. The maximum atomic E-state index is 12.8. The summed E-state index contributed by atoms with van der Waals surface area (Å²) in [5.74, 6) is 0.510. The molecular formula is C14H24NO5P. The van der Waals surface area contributed by atoms with E-state index in [4.69, 9.17) is 24.6 Å². The second-order valence-electron chi connectivity index (χ2n) is 4.49. The van der Waals surface area contributed by atoms with Gasteiger partial charge in [-0.25, -0.2) is 14.3 Å². The normalized spacial score (nSPS) is 15.4. The second-order valence-corrected chi connectivity index (χ2v) is 6.55. The molecule has 120 valence electrons. The van der Waals surface area contributed by atoms with Gasteiger partial charge in [-0.3, -0.25) is 4.52 Å². The maximum absolute atomic E-state index is 12.8. The molecule has 1 aromatic carbocycles. The zero-order chi connectivity index (χ0) is 15.6. The molecule has 6 nitrogen and oxygen atoms in total. The average Bonchev–Trinajstić information content (AvgIpc) is 2.46. The minimum Gasteiger partial charge on any atom is -0.424 e. The number of nitrogens with two attached hydrogens (primary N) is 1. The van der Waals surface area contributed by atoms with Gasteiger partial charge in [0.2, 0.25) is 0 Å². The van der Waals surface area contributed by atoms with Crippen LogP contribution in [0, 0.1) is 0 Å². The van der Waals surface area contributed by atoms with Crippen LogP contribution >= 0.6 is 7.60 Å². The van der Waals surface area contributed by atoms with Crippen LogP contribution in [0.2, 0.25) is 0 Å². The molecule has 0 aliphatic carbocycles. The molecule has 1 unspecified atom stereocenters. The summed E-state index contributed by atoms with van der Waals surface area (Å²) in [5, 5.41) is 0. The number of para-hydroxylation sites is 1. The maximum Gasteiger partial charge on any atom is 0.379 e. The Morgan fingerprint density at radius 1 is 1.24 bits per heavy atom. The van der Waals surface area contributed by atoms with Crippen LogP contribution in [0.3, 0.4) is 0 Å². The molecule has 1 rings (SSSR count). The molecule has 0 amide bonds. The molecule has 7 heteroatoms. The first-order chi connectivity index (χ1) is 10.1. The highest BCUT2D eigenvalue weighted by Gasteiger charge is 2.28. The van der Waals surface area contributed by atoms with Crippen molar-refractivity contribution in [3.63, 3.8) is 0 Å². The molecule has 0 aliphatic heterocycles. The van der Waals surface area contributed by atoms with Crippen molar-refractivity contribution >= 4 is 7.60 Å². The van der Waals surface area contributed by atoms with Gasteiger partial charge in [0.15, 0.2) is 0 Å². The van der Waals surface area contributed by atoms with E-state index in [0.717, 1.165) is 0 Å². The number of rotatable bonds is 11. The SMILES string of the molecule is CCOOC[C@H](C)OP(=O)(CCCN)Oc1ccccc1. The molecule has 0 spiro atoms. The van der Waals surface area contributed by atoms with E-state index in [1.54, 1.807) is 19.1 Å². The molecule has 0 radical (unpaired) electrons. The summed E-state index contributed by atoms with van der Waals surface area (Å²) in [4.78, 5) is 9.71. The van der Waals surface area contributed by atoms with E-state index in [1.807, 2.05) is 25.1 Å². The van der Waals surface area contributed by atoms with E-state index in [2.05, 4.69) is 0 Å². The number of hydrogen-bond donors (Lipinski definition) is 1. The van der Waals surface area contributed by atoms with E-state index < -0.39 is 13.7 Å². The van der Waals surface area contributed by atoms with Crippen molar-refractivity contribution in [3.05, 3.63) is 30.3 Å². The van der Waals surface area contributed by atoms with Gasteiger partial charge in [0.25, 0.3) is 0 Å². The largest absolute Gasteiger partial charge is 0.424 e. The quantitative estimate of drug-likeness (QED) is 0.292. The monoisotopic (exact) mass is 317 g/mol. The minimum atomic E-state index is -3.28. The third-order valence-corrected chi connectivity index (χ3v) is 4.50. The van der Waals surface area contributed by atoms with Crippen LogP contribution < -0.4 is 10.3 Å². The van der Waals surface area contributed by atoms with Crippen molar-refractivity contribution in [2.24, 2.45) is 5.73 Å². The lowest BCUT2D eigenvalue weighted by molar-refractivity contribution is -0.299. The molecule has 0 aromatic heterocycles. The third-order valence-electron chi connectivity index (χ3n) is 2.47. The molecule has 2 N–H and O–H groups in total. The van der Waals surface area contributed by atoms with Gasteiger partial charge in [0.05, 0.1) is 18.9 Å². The molecule has 0 saturated heterocycles. The predicted molar refractivity (Wildman–Crippen MR) is 81.3 cm³/mol. The fraction of sp³-hybridized carbons (Fsp3) is 0.571. The zero-order valence-corrected chi connectivity index (χ0v) is 13.5. The summed E-state index contributed by atoms with van der Waals surface area (Å²) in [7, 11) is -3.28. The van der Waals surface area contributed by atoms with Crippen molar-refractivity contribution in [1.82, 2.24) is 0 Å². The van der Waals surface area contributed by atoms with Gasteiger partial charge in [-0.15, -0.1) is 0 Å². The second kappa shape index (κ2) is 9.92. The topological polar surface area (TPSA) is 80.0 Å². The predicted octanol–water partition coefficient (Wildman–Crippen LogP) is 2.98. The Balaban J connectivity index is 2.62. The van der Waals surface area contributed by atoms with E-state index in [0.29, 0.717) is 25.3 Å². The Kier molecular flexibility index (Phi) is 8.57. The van der Waals surface area contributed by atoms with Crippen LogP contribution in [0.25, 0.3) is 0 Å². The lowest BCUT2D eigenvalue weighted by Gasteiger charge is -2.22. The molecule has 0 saturated carbocycles. The third kappa shape index (κ3) is 7.60. The van der Waals surface area contributed by atoms with Crippen LogP contribution in [0.15, 0.2) is 30.3 Å². The van der Waals surface area contributed by atoms with Crippen molar-refractivity contribution in [2.45, 2.75) is 26.4 Å². The van der Waals surface area contributed by atoms with Gasteiger partial charge in [-0.05, 0) is 38.9 Å². The van der Waals surface area contributed by atoms with Crippen molar-refractivity contribution in [1.29, 1.82) is 0 Å². The van der Waals surface area contributed by atoms with Crippen LogP contribution in [0.1, 0.15) is 20.3 Å². The van der Waals surface area contributed by atoms with Gasteiger partial charge < -0.3 is 10.3 Å². The lowest BCUT2D eigenvalue weighted by atomic mass is 10.3. The van der Waals surface area contributed by atoms with Crippen molar-refractivity contribution in [3.8, 4) is 5.75 Å². The molecule has 0 aliphatic rings. The van der Waals surface area contributed by atoms with Crippen molar-refractivity contribution in [2.75, 3.05) is 25.9 Å². The summed E-state index contributed by atoms with van der Waals surface area (Å²) >= 11 is 0. The number of hydrogen-bond acceptors (Lipinski definition) is 6. The molecule has 2 atom stereocenters. The molecular weight excluding hydrogens is 293 g/mol. The Labute approximate surface area is 126 Å². The van der Waals surface area contributed by atoms with Gasteiger partial charge in [0.1, 0.15) is 12.4 Å². The Hall–Kier alpha value is -0.910. The van der Waals surface area contributed by atoms with Gasteiger partial charge in [0, 0.05) is 0 Å². The highest BCUT2D eigenvalue weighted by Crippen LogP contribution is 2.49. The average molecular weight is 317 g/mol. The Morgan fingerprint density at radius 3 is 2.57 bits per heavy atom. The van der Waals surface area contributed by atoms with Crippen LogP contribution in [-0.4, -0.2) is 32.0 Å². The highest BCUT2D eigenvalue weighted by molar-refractivity contribution is 7.54. The fourth-order valence-corrected chi connectivity index (χ4v) is 3.44. The summed E-state index contributed by atoms with van der Waals surface area (Å²) in [5.41, 5.74) is 5.48. The first-order valence-corrected chi connectivity index (χ1v) is 8.79. The molecule has 1 aromatic rings. The van der Waals surface area contributed by atoms with Crippen LogP contribution in [0.5, 0.6) is 5.75 Å². The molecule has 0 bridgehead atoms. The molecule has 21 heavy (non-hydrogen) atoms. The standard InChI is InChI=1S/C14H24NO5P/c1-3-17-18-12-13(2)19-21(16,11-7-10-15)20-14-8-5-4-6-9-14/h4-6,8-9,13H,3,7,10-12,15H2,1-2H3/t13-,21?/m0/s1. The Morgan fingerprint density at radius 2 is 1.95 bits per heavy atom. The van der Waals surface area contributed by atoms with E-state index in [9.17, 15) is 4.57 Å². The first-order valence-electron chi connectivity index (χ1n) is 7.06. The molecule has 0 heterocycles. The Bertz CT molecular complexity index is 429. The van der Waals surface area contributed by atoms with Gasteiger partial charge in [-0.1, -0.05) is 18.2 Å². The summed E-state index contributed by atoms with van der Waals surface area (Å²) in [6.45, 7) is 4.62. The van der Waals surface area contributed by atoms with E-state index in [1.165, 1.54) is 0 Å².